The van der Waals surface area contributed by atoms with Crippen molar-refractivity contribution in [3.8, 4) is 0 Å². The molecule has 5 heteroatoms. The van der Waals surface area contributed by atoms with E-state index in [1.54, 1.807) is 0 Å². The fourth-order valence-electron chi connectivity index (χ4n) is 2.82. The Morgan fingerprint density at radius 2 is 1.72 bits per heavy atom. The molecule has 0 aromatic rings. The van der Waals surface area contributed by atoms with Crippen LogP contribution in [0.25, 0.3) is 0 Å². The summed E-state index contributed by atoms with van der Waals surface area (Å²) in [4.78, 5) is 26.6. The Morgan fingerprint density at radius 1 is 1.11 bits per heavy atom. The van der Waals surface area contributed by atoms with Crippen LogP contribution in [-0.2, 0) is 4.79 Å². The molecule has 0 aromatic heterocycles. The number of carboxylic acids is 1. The number of rotatable bonds is 2. The minimum atomic E-state index is -0.763. The summed E-state index contributed by atoms with van der Waals surface area (Å²) in [5.41, 5.74) is 0. The van der Waals surface area contributed by atoms with E-state index in [9.17, 15) is 9.59 Å². The summed E-state index contributed by atoms with van der Waals surface area (Å²) in [5, 5.41) is 8.76. The lowest BCUT2D eigenvalue weighted by molar-refractivity contribution is -0.138. The highest BCUT2D eigenvalue weighted by Gasteiger charge is 2.31. The van der Waals surface area contributed by atoms with Crippen LogP contribution in [0, 0.1) is 11.8 Å². The van der Waals surface area contributed by atoms with Gasteiger partial charge in [0.25, 0.3) is 0 Å². The second-order valence-electron chi connectivity index (χ2n) is 5.65. The van der Waals surface area contributed by atoms with Crippen LogP contribution in [0.5, 0.6) is 0 Å². The lowest BCUT2D eigenvalue weighted by atomic mass is 10.00. The van der Waals surface area contributed by atoms with Crippen LogP contribution >= 0.6 is 0 Å². The van der Waals surface area contributed by atoms with Gasteiger partial charge in [0.15, 0.2) is 0 Å². The first-order chi connectivity index (χ1) is 8.56. The third-order valence-electron chi connectivity index (χ3n) is 4.07. The van der Waals surface area contributed by atoms with Gasteiger partial charge in [-0.05, 0) is 31.1 Å². The zero-order valence-electron chi connectivity index (χ0n) is 11.0. The smallest absolute Gasteiger partial charge is 0.320 e. The van der Waals surface area contributed by atoms with E-state index < -0.39 is 5.97 Å². The summed E-state index contributed by atoms with van der Waals surface area (Å²) in [6, 6.07) is 0.106. The summed E-state index contributed by atoms with van der Waals surface area (Å²) in [6.07, 6.45) is 3.17. The van der Waals surface area contributed by atoms with Gasteiger partial charge in [0.05, 0.1) is 0 Å². The van der Waals surface area contributed by atoms with Crippen LogP contribution in [0.1, 0.15) is 32.6 Å². The van der Waals surface area contributed by atoms with Crippen LogP contribution in [-0.4, -0.2) is 53.1 Å². The number of likely N-dealkylation sites (tertiary alicyclic amines) is 2. The van der Waals surface area contributed by atoms with Crippen molar-refractivity contribution in [2.24, 2.45) is 11.8 Å². The largest absolute Gasteiger partial charge is 0.481 e. The zero-order valence-corrected chi connectivity index (χ0v) is 11.0. The summed E-state index contributed by atoms with van der Waals surface area (Å²) >= 11 is 0. The minimum absolute atomic E-state index is 0.106. The highest BCUT2D eigenvalue weighted by molar-refractivity contribution is 5.75. The number of nitrogens with zero attached hydrogens (tertiary/aromatic N) is 2. The van der Waals surface area contributed by atoms with Crippen LogP contribution in [0.15, 0.2) is 0 Å². The highest BCUT2D eigenvalue weighted by atomic mass is 16.4. The maximum Gasteiger partial charge on any atom is 0.320 e. The Bertz CT molecular complexity index is 324. The van der Waals surface area contributed by atoms with Crippen molar-refractivity contribution in [2.75, 3.05) is 26.2 Å². The van der Waals surface area contributed by atoms with E-state index in [1.807, 2.05) is 9.80 Å². The molecule has 0 aromatic carbocycles. The molecule has 1 N–H and O–H groups in total. The van der Waals surface area contributed by atoms with Gasteiger partial charge in [-0.15, -0.1) is 0 Å². The number of hydrogen-bond acceptors (Lipinski definition) is 2. The van der Waals surface area contributed by atoms with E-state index in [-0.39, 0.29) is 18.4 Å². The van der Waals surface area contributed by atoms with Gasteiger partial charge in [0, 0.05) is 32.6 Å². The molecular weight excluding hydrogens is 232 g/mol. The first-order valence-corrected chi connectivity index (χ1v) is 6.82. The van der Waals surface area contributed by atoms with E-state index in [0.717, 1.165) is 32.4 Å². The normalized spacial score (nSPS) is 25.5. The Kier molecular flexibility index (Phi) is 4.09. The molecule has 2 heterocycles. The predicted molar refractivity (Wildman–Crippen MR) is 67.3 cm³/mol. The van der Waals surface area contributed by atoms with E-state index in [1.165, 1.54) is 0 Å². The maximum absolute atomic E-state index is 12.2. The van der Waals surface area contributed by atoms with Crippen molar-refractivity contribution < 1.29 is 14.7 Å². The third-order valence-corrected chi connectivity index (χ3v) is 4.07. The van der Waals surface area contributed by atoms with E-state index in [0.29, 0.717) is 19.0 Å². The van der Waals surface area contributed by atoms with Gasteiger partial charge in [-0.3, -0.25) is 4.79 Å². The molecule has 2 saturated heterocycles. The molecule has 2 aliphatic heterocycles. The molecule has 0 aliphatic carbocycles. The first-order valence-electron chi connectivity index (χ1n) is 6.82. The average Bonchev–Trinajstić information content (AvgIpc) is 2.76. The lowest BCUT2D eigenvalue weighted by Gasteiger charge is -2.33. The second kappa shape index (κ2) is 5.59. The van der Waals surface area contributed by atoms with Crippen LogP contribution in [0.3, 0.4) is 0 Å². The van der Waals surface area contributed by atoms with Crippen molar-refractivity contribution >= 4 is 12.0 Å². The maximum atomic E-state index is 12.2. The van der Waals surface area contributed by atoms with Gasteiger partial charge < -0.3 is 14.9 Å². The first kappa shape index (κ1) is 13.2. The van der Waals surface area contributed by atoms with Crippen LogP contribution < -0.4 is 0 Å². The van der Waals surface area contributed by atoms with Gasteiger partial charge in [0.1, 0.15) is 0 Å². The van der Waals surface area contributed by atoms with Gasteiger partial charge in [-0.25, -0.2) is 4.79 Å². The van der Waals surface area contributed by atoms with E-state index in [2.05, 4.69) is 6.92 Å². The molecule has 1 unspecified atom stereocenters. The van der Waals surface area contributed by atoms with Gasteiger partial charge in [0.2, 0.25) is 0 Å². The van der Waals surface area contributed by atoms with Crippen molar-refractivity contribution in [1.82, 2.24) is 9.80 Å². The van der Waals surface area contributed by atoms with Crippen molar-refractivity contribution in [1.29, 1.82) is 0 Å². The standard InChI is InChI=1S/C13H22N2O3/c1-10-2-5-14(6-3-10)13(18)15-7-4-11(9-15)8-12(16)17/h10-11H,2-9H2,1H3,(H,16,17). The van der Waals surface area contributed by atoms with E-state index >= 15 is 0 Å². The predicted octanol–water partition coefficient (Wildman–Crippen LogP) is 1.63. The molecule has 2 amide bonds. The quantitative estimate of drug-likeness (QED) is 0.814. The Labute approximate surface area is 108 Å². The van der Waals surface area contributed by atoms with Crippen molar-refractivity contribution in [3.63, 3.8) is 0 Å². The Hall–Kier alpha value is -1.26. The number of carbonyl (C=O) groups is 2. The fourth-order valence-corrected chi connectivity index (χ4v) is 2.82. The summed E-state index contributed by atoms with van der Waals surface area (Å²) in [5.74, 6) is 0.0867. The summed E-state index contributed by atoms with van der Waals surface area (Å²) in [7, 11) is 0. The van der Waals surface area contributed by atoms with Crippen LogP contribution in [0.2, 0.25) is 0 Å². The fraction of sp³-hybridized carbons (Fsp3) is 0.846. The van der Waals surface area contributed by atoms with Crippen molar-refractivity contribution in [3.05, 3.63) is 0 Å². The number of aliphatic carboxylic acids is 1. The molecule has 5 nitrogen and oxygen atoms in total. The summed E-state index contributed by atoms with van der Waals surface area (Å²) < 4.78 is 0. The molecule has 1 atom stereocenters. The molecule has 0 saturated carbocycles. The third kappa shape index (κ3) is 3.15. The number of carboxylic acid groups (broad SMARTS) is 1. The lowest BCUT2D eigenvalue weighted by Crippen LogP contribution is -2.45. The number of amides is 2. The number of carbonyl (C=O) groups excluding carboxylic acids is 1. The average molecular weight is 254 g/mol. The monoisotopic (exact) mass is 254 g/mol. The van der Waals surface area contributed by atoms with Gasteiger partial charge in [-0.2, -0.15) is 0 Å². The van der Waals surface area contributed by atoms with Crippen molar-refractivity contribution in [2.45, 2.75) is 32.6 Å². The summed E-state index contributed by atoms with van der Waals surface area (Å²) in [6.45, 7) is 5.24. The topological polar surface area (TPSA) is 60.9 Å². The molecule has 18 heavy (non-hydrogen) atoms. The SMILES string of the molecule is CC1CCN(C(=O)N2CCC(CC(=O)O)C2)CC1. The molecule has 0 radical (unpaired) electrons. The Balaban J connectivity index is 1.82. The molecule has 0 spiro atoms. The molecule has 2 aliphatic rings. The number of piperidine rings is 1. The second-order valence-corrected chi connectivity index (χ2v) is 5.65. The molecule has 0 bridgehead atoms. The Morgan fingerprint density at radius 3 is 2.33 bits per heavy atom. The molecule has 102 valence electrons. The number of urea groups is 1. The van der Waals surface area contributed by atoms with Gasteiger partial charge in [-0.1, -0.05) is 6.92 Å². The molecular formula is C13H22N2O3. The van der Waals surface area contributed by atoms with E-state index in [4.69, 9.17) is 5.11 Å². The number of hydrogen-bond donors (Lipinski definition) is 1. The molecule has 2 rings (SSSR count). The molecule has 2 fully saturated rings. The zero-order chi connectivity index (χ0) is 13.1. The minimum Gasteiger partial charge on any atom is -0.481 e. The highest BCUT2D eigenvalue weighted by Crippen LogP contribution is 2.23. The van der Waals surface area contributed by atoms with Gasteiger partial charge >= 0.3 is 12.0 Å². The van der Waals surface area contributed by atoms with Crippen LogP contribution in [0.4, 0.5) is 4.79 Å².